The molecule has 0 saturated carbocycles. The van der Waals surface area contributed by atoms with Crippen LogP contribution in [0.3, 0.4) is 0 Å². The highest BCUT2D eigenvalue weighted by Gasteiger charge is 2.38. The van der Waals surface area contributed by atoms with E-state index in [0.717, 1.165) is 12.0 Å². The quantitative estimate of drug-likeness (QED) is 0.630. The van der Waals surface area contributed by atoms with E-state index >= 15 is 0 Å². The maximum absolute atomic E-state index is 12.6. The van der Waals surface area contributed by atoms with Crippen LogP contribution in [0.5, 0.6) is 0 Å². The average molecular weight is 435 g/mol. The Balaban J connectivity index is 1.71. The third-order valence-electron chi connectivity index (χ3n) is 5.13. The van der Waals surface area contributed by atoms with Crippen molar-refractivity contribution in [3.8, 4) is 0 Å². The molecule has 8 heteroatoms. The molecule has 1 aliphatic rings. The number of hydrogen-bond acceptors (Lipinski definition) is 3. The van der Waals surface area contributed by atoms with E-state index < -0.39 is 17.3 Å². The van der Waals surface area contributed by atoms with Crippen LogP contribution in [0.15, 0.2) is 42.5 Å². The van der Waals surface area contributed by atoms with Crippen molar-refractivity contribution in [3.63, 3.8) is 0 Å². The Bertz CT molecular complexity index is 962. The molecule has 2 aromatic carbocycles. The highest BCUT2D eigenvalue weighted by Crippen LogP contribution is 2.33. The number of rotatable bonds is 6. The molecule has 1 aliphatic heterocycles. The minimum Gasteiger partial charge on any atom is -0.481 e. The molecule has 3 N–H and O–H groups in total. The summed E-state index contributed by atoms with van der Waals surface area (Å²) in [7, 11) is 0. The largest absolute Gasteiger partial charge is 0.481 e. The van der Waals surface area contributed by atoms with Crippen molar-refractivity contribution in [1.82, 2.24) is 5.32 Å². The number of aliphatic carboxylic acids is 1. The number of hydrogen-bond donors (Lipinski definition) is 3. The van der Waals surface area contributed by atoms with Gasteiger partial charge in [-0.05, 0) is 48.7 Å². The number of carbonyl (C=O) groups excluding carboxylic acids is 2. The number of anilines is 1. The lowest BCUT2D eigenvalue weighted by Gasteiger charge is -2.25. The number of amides is 2. The summed E-state index contributed by atoms with van der Waals surface area (Å²) >= 11 is 11.9. The van der Waals surface area contributed by atoms with E-state index in [2.05, 4.69) is 10.6 Å². The molecular weight excluding hydrogens is 415 g/mol. The predicted octanol–water partition coefficient (Wildman–Crippen LogP) is 4.32. The summed E-state index contributed by atoms with van der Waals surface area (Å²) in [4.78, 5) is 35.8. The van der Waals surface area contributed by atoms with E-state index in [0.29, 0.717) is 22.7 Å². The fourth-order valence-corrected chi connectivity index (χ4v) is 3.63. The Morgan fingerprint density at radius 3 is 2.41 bits per heavy atom. The summed E-state index contributed by atoms with van der Waals surface area (Å²) < 4.78 is 0. The lowest BCUT2D eigenvalue weighted by molar-refractivity contribution is -0.145. The summed E-state index contributed by atoms with van der Waals surface area (Å²) in [5.41, 5.74) is 0.429. The second kappa shape index (κ2) is 8.43. The fraction of sp³-hybridized carbons (Fsp3) is 0.286. The maximum Gasteiger partial charge on any atom is 0.314 e. The number of halogens is 2. The molecular formula is C21H20Cl2N2O4. The van der Waals surface area contributed by atoms with Crippen LogP contribution in [0, 0.1) is 0 Å². The zero-order valence-electron chi connectivity index (χ0n) is 15.7. The molecule has 0 aromatic heterocycles. The summed E-state index contributed by atoms with van der Waals surface area (Å²) in [6, 6.07) is 11.7. The lowest BCUT2D eigenvalue weighted by Crippen LogP contribution is -2.36. The van der Waals surface area contributed by atoms with E-state index in [4.69, 9.17) is 23.2 Å². The van der Waals surface area contributed by atoms with Crippen molar-refractivity contribution in [1.29, 1.82) is 0 Å². The van der Waals surface area contributed by atoms with Crippen molar-refractivity contribution in [2.75, 3.05) is 5.32 Å². The van der Waals surface area contributed by atoms with E-state index in [1.54, 1.807) is 18.2 Å². The highest BCUT2D eigenvalue weighted by molar-refractivity contribution is 6.42. The third kappa shape index (κ3) is 4.71. The van der Waals surface area contributed by atoms with Crippen LogP contribution in [0.2, 0.25) is 10.0 Å². The smallest absolute Gasteiger partial charge is 0.314 e. The van der Waals surface area contributed by atoms with Gasteiger partial charge in [0.1, 0.15) is 0 Å². The highest BCUT2D eigenvalue weighted by atomic mass is 35.5. The number of nitrogens with one attached hydrogen (secondary N) is 2. The van der Waals surface area contributed by atoms with E-state index in [1.807, 2.05) is 12.1 Å². The van der Waals surface area contributed by atoms with Crippen molar-refractivity contribution < 1.29 is 19.5 Å². The Morgan fingerprint density at radius 1 is 1.17 bits per heavy atom. The van der Waals surface area contributed by atoms with Crippen molar-refractivity contribution in [3.05, 3.63) is 63.6 Å². The number of carboxylic acid groups (broad SMARTS) is 1. The zero-order chi connectivity index (χ0) is 21.2. The third-order valence-corrected chi connectivity index (χ3v) is 5.87. The molecule has 0 spiro atoms. The molecule has 2 aromatic rings. The van der Waals surface area contributed by atoms with Crippen LogP contribution in [-0.2, 0) is 19.8 Å². The molecule has 1 heterocycles. The molecule has 0 bridgehead atoms. The SMILES string of the molecule is CC(CC(=O)Nc1ccc(C2CCC(=O)N2)cc1)(C(=O)O)c1ccc(Cl)c(Cl)c1. The van der Waals surface area contributed by atoms with Gasteiger partial charge in [0, 0.05) is 18.5 Å². The number of carboxylic acids is 1. The predicted molar refractivity (Wildman–Crippen MR) is 111 cm³/mol. The molecule has 0 aliphatic carbocycles. The van der Waals surface area contributed by atoms with Gasteiger partial charge < -0.3 is 15.7 Å². The second-order valence-corrected chi connectivity index (χ2v) is 8.09. The molecule has 0 radical (unpaired) electrons. The fourth-order valence-electron chi connectivity index (χ4n) is 3.33. The maximum atomic E-state index is 12.6. The molecule has 3 rings (SSSR count). The summed E-state index contributed by atoms with van der Waals surface area (Å²) in [6.07, 6.45) is 0.970. The van der Waals surface area contributed by atoms with Crippen LogP contribution >= 0.6 is 23.2 Å². The first kappa shape index (κ1) is 21.1. The topological polar surface area (TPSA) is 95.5 Å². The normalized spacial score (nSPS) is 18.0. The van der Waals surface area contributed by atoms with Crippen LogP contribution < -0.4 is 10.6 Å². The Labute approximate surface area is 178 Å². The number of benzene rings is 2. The van der Waals surface area contributed by atoms with Gasteiger partial charge in [-0.2, -0.15) is 0 Å². The van der Waals surface area contributed by atoms with Gasteiger partial charge in [0.05, 0.1) is 21.5 Å². The van der Waals surface area contributed by atoms with E-state index in [-0.39, 0.29) is 23.4 Å². The van der Waals surface area contributed by atoms with Crippen LogP contribution in [0.1, 0.15) is 43.4 Å². The summed E-state index contributed by atoms with van der Waals surface area (Å²) in [5.74, 6) is -1.55. The van der Waals surface area contributed by atoms with E-state index in [9.17, 15) is 19.5 Å². The summed E-state index contributed by atoms with van der Waals surface area (Å²) in [6.45, 7) is 1.47. The van der Waals surface area contributed by atoms with Crippen LogP contribution in [0.4, 0.5) is 5.69 Å². The van der Waals surface area contributed by atoms with Crippen molar-refractivity contribution in [2.45, 2.75) is 37.6 Å². The first-order valence-corrected chi connectivity index (χ1v) is 9.83. The van der Waals surface area contributed by atoms with Crippen LogP contribution in [0.25, 0.3) is 0 Å². The minimum atomic E-state index is -1.47. The molecule has 152 valence electrons. The molecule has 2 unspecified atom stereocenters. The van der Waals surface area contributed by atoms with Gasteiger partial charge in [-0.15, -0.1) is 0 Å². The summed E-state index contributed by atoms with van der Waals surface area (Å²) in [5, 5.41) is 15.9. The van der Waals surface area contributed by atoms with Gasteiger partial charge in [0.25, 0.3) is 0 Å². The van der Waals surface area contributed by atoms with Gasteiger partial charge in [0.2, 0.25) is 11.8 Å². The first-order chi connectivity index (χ1) is 13.7. The monoisotopic (exact) mass is 434 g/mol. The second-order valence-electron chi connectivity index (χ2n) is 7.27. The molecule has 29 heavy (non-hydrogen) atoms. The minimum absolute atomic E-state index is 0.0165. The van der Waals surface area contributed by atoms with Gasteiger partial charge >= 0.3 is 5.97 Å². The molecule has 6 nitrogen and oxygen atoms in total. The van der Waals surface area contributed by atoms with Crippen molar-refractivity contribution in [2.24, 2.45) is 0 Å². The Hall–Kier alpha value is -2.57. The zero-order valence-corrected chi connectivity index (χ0v) is 17.2. The van der Waals surface area contributed by atoms with E-state index in [1.165, 1.54) is 19.1 Å². The van der Waals surface area contributed by atoms with Gasteiger partial charge in [-0.25, -0.2) is 0 Å². The standard InChI is InChI=1S/C21H20Cl2N2O4/c1-21(20(28)29,13-4-7-15(22)16(23)10-13)11-19(27)24-14-5-2-12(3-6-14)17-8-9-18(26)25-17/h2-7,10,17H,8-9,11H2,1H3,(H,24,27)(H,25,26)(H,28,29). The lowest BCUT2D eigenvalue weighted by atomic mass is 9.79. The molecule has 1 fully saturated rings. The average Bonchev–Trinajstić information content (AvgIpc) is 3.10. The van der Waals surface area contributed by atoms with Gasteiger partial charge in [-0.3, -0.25) is 14.4 Å². The van der Waals surface area contributed by atoms with Crippen molar-refractivity contribution >= 4 is 46.7 Å². The molecule has 2 atom stereocenters. The molecule has 2 amide bonds. The van der Waals surface area contributed by atoms with Gasteiger partial charge in [-0.1, -0.05) is 41.4 Å². The first-order valence-electron chi connectivity index (χ1n) is 9.07. The Kier molecular flexibility index (Phi) is 6.15. The number of carbonyl (C=O) groups is 3. The van der Waals surface area contributed by atoms with Crippen LogP contribution in [-0.4, -0.2) is 22.9 Å². The van der Waals surface area contributed by atoms with Gasteiger partial charge in [0.15, 0.2) is 0 Å². The molecule has 1 saturated heterocycles. The Morgan fingerprint density at radius 2 is 1.86 bits per heavy atom.